The third kappa shape index (κ3) is 3.52. The molecule has 1 aromatic heterocycles. The molecule has 1 fully saturated rings. The number of halogens is 1. The van der Waals surface area contributed by atoms with Crippen molar-refractivity contribution < 1.29 is 19.4 Å². The van der Waals surface area contributed by atoms with E-state index in [4.69, 9.17) is 4.74 Å². The first-order valence-electron chi connectivity index (χ1n) is 7.44. The van der Waals surface area contributed by atoms with E-state index in [1.54, 1.807) is 0 Å². The van der Waals surface area contributed by atoms with Gasteiger partial charge in [-0.2, -0.15) is 5.06 Å². The van der Waals surface area contributed by atoms with E-state index in [1.165, 1.54) is 13.1 Å². The van der Waals surface area contributed by atoms with Crippen LogP contribution in [0.15, 0.2) is 15.8 Å². The standard InChI is InChI=1S/C14H22FN3O5/c1-7(2)4-18(22)11-9(6-19)23-13(10(11)15)17-5-8(3)12(20)16-14(17)21/h5,7,9-11,13,19,22H,4,6H2,1-3H3,(H,16,20,21)/t9-,10+,11-,13-/m1/s1. The number of aromatic amines is 1. The van der Waals surface area contributed by atoms with Crippen LogP contribution in [0.1, 0.15) is 25.6 Å². The van der Waals surface area contributed by atoms with Crippen molar-refractivity contribution in [2.45, 2.75) is 45.3 Å². The minimum atomic E-state index is -1.75. The van der Waals surface area contributed by atoms with Crippen LogP contribution in [0.25, 0.3) is 0 Å². The second-order valence-corrected chi connectivity index (χ2v) is 6.18. The Bertz CT molecular complexity index is 659. The molecule has 0 bridgehead atoms. The SMILES string of the molecule is Cc1cn([C@@H]2O[C@H](CO)[C@@H](N(O)CC(C)C)[C@@H]2F)c(=O)[nH]c1=O. The minimum Gasteiger partial charge on any atom is -0.394 e. The van der Waals surface area contributed by atoms with Crippen molar-refractivity contribution in [3.05, 3.63) is 32.6 Å². The van der Waals surface area contributed by atoms with Crippen LogP contribution in [0.3, 0.4) is 0 Å². The van der Waals surface area contributed by atoms with Gasteiger partial charge in [0.2, 0.25) is 0 Å². The smallest absolute Gasteiger partial charge is 0.330 e. The molecule has 2 heterocycles. The van der Waals surface area contributed by atoms with Gasteiger partial charge < -0.3 is 15.1 Å². The zero-order chi connectivity index (χ0) is 17.3. The molecule has 1 saturated heterocycles. The van der Waals surface area contributed by atoms with Gasteiger partial charge in [-0.1, -0.05) is 13.8 Å². The van der Waals surface area contributed by atoms with Gasteiger partial charge in [0.1, 0.15) is 6.10 Å². The zero-order valence-electron chi connectivity index (χ0n) is 13.3. The molecule has 1 aliphatic rings. The number of hydroxylamine groups is 2. The quantitative estimate of drug-likeness (QED) is 0.644. The first kappa shape index (κ1) is 17.8. The number of aliphatic hydroxyl groups is 1. The Morgan fingerprint density at radius 1 is 1.48 bits per heavy atom. The lowest BCUT2D eigenvalue weighted by molar-refractivity contribution is -0.160. The number of aliphatic hydroxyl groups excluding tert-OH is 1. The molecular formula is C14H22FN3O5. The average Bonchev–Trinajstić information content (AvgIpc) is 2.79. The Balaban J connectivity index is 2.34. The third-order valence-electron chi connectivity index (χ3n) is 3.79. The van der Waals surface area contributed by atoms with Crippen molar-refractivity contribution in [1.29, 1.82) is 0 Å². The van der Waals surface area contributed by atoms with Crippen molar-refractivity contribution in [2.75, 3.05) is 13.2 Å². The molecule has 1 aliphatic heterocycles. The van der Waals surface area contributed by atoms with Gasteiger partial charge in [-0.3, -0.25) is 14.3 Å². The summed E-state index contributed by atoms with van der Waals surface area (Å²) >= 11 is 0. The molecule has 8 nitrogen and oxygen atoms in total. The molecule has 2 rings (SSSR count). The Hall–Kier alpha value is -1.55. The number of rotatable bonds is 5. The molecule has 3 N–H and O–H groups in total. The molecule has 0 aromatic carbocycles. The number of nitrogens with one attached hydrogen (secondary N) is 1. The highest BCUT2D eigenvalue weighted by atomic mass is 19.1. The summed E-state index contributed by atoms with van der Waals surface area (Å²) < 4.78 is 21.2. The van der Waals surface area contributed by atoms with Gasteiger partial charge in [0.05, 0.1) is 12.6 Å². The molecular weight excluding hydrogens is 309 g/mol. The van der Waals surface area contributed by atoms with Crippen molar-refractivity contribution >= 4 is 0 Å². The molecule has 0 radical (unpaired) electrons. The normalized spacial score (nSPS) is 28.0. The second-order valence-electron chi connectivity index (χ2n) is 6.18. The van der Waals surface area contributed by atoms with Crippen molar-refractivity contribution in [3.63, 3.8) is 0 Å². The van der Waals surface area contributed by atoms with E-state index in [1.807, 2.05) is 13.8 Å². The Kier molecular flexibility index (Phi) is 5.35. The van der Waals surface area contributed by atoms with E-state index < -0.39 is 42.4 Å². The molecule has 0 saturated carbocycles. The first-order chi connectivity index (χ1) is 10.8. The summed E-state index contributed by atoms with van der Waals surface area (Å²) in [5, 5.41) is 20.3. The fourth-order valence-electron chi connectivity index (χ4n) is 2.71. The molecule has 23 heavy (non-hydrogen) atoms. The van der Waals surface area contributed by atoms with E-state index in [0.717, 1.165) is 9.63 Å². The van der Waals surface area contributed by atoms with Crippen LogP contribution in [0.5, 0.6) is 0 Å². The third-order valence-corrected chi connectivity index (χ3v) is 3.79. The van der Waals surface area contributed by atoms with E-state index in [-0.39, 0.29) is 18.0 Å². The molecule has 0 aliphatic carbocycles. The van der Waals surface area contributed by atoms with Gasteiger partial charge in [0.15, 0.2) is 12.4 Å². The molecule has 9 heteroatoms. The van der Waals surface area contributed by atoms with Gasteiger partial charge in [-0.05, 0) is 12.8 Å². The summed E-state index contributed by atoms with van der Waals surface area (Å²) in [5.74, 6) is 0.0728. The zero-order valence-corrected chi connectivity index (χ0v) is 13.3. The summed E-state index contributed by atoms with van der Waals surface area (Å²) in [6.45, 7) is 4.88. The number of aryl methyl sites for hydroxylation is 1. The lowest BCUT2D eigenvalue weighted by Crippen LogP contribution is -2.47. The highest BCUT2D eigenvalue weighted by molar-refractivity contribution is 5.04. The van der Waals surface area contributed by atoms with Gasteiger partial charge in [0, 0.05) is 18.3 Å². The minimum absolute atomic E-state index is 0.0728. The predicted molar refractivity (Wildman–Crippen MR) is 79.1 cm³/mol. The number of ether oxygens (including phenoxy) is 1. The lowest BCUT2D eigenvalue weighted by Gasteiger charge is -2.27. The Labute approximate surface area is 132 Å². The maximum Gasteiger partial charge on any atom is 0.330 e. The van der Waals surface area contributed by atoms with Crippen LogP contribution in [0.2, 0.25) is 0 Å². The van der Waals surface area contributed by atoms with E-state index >= 15 is 0 Å². The van der Waals surface area contributed by atoms with Gasteiger partial charge in [-0.15, -0.1) is 0 Å². The number of hydrogen-bond donors (Lipinski definition) is 3. The van der Waals surface area contributed by atoms with Crippen LogP contribution >= 0.6 is 0 Å². The Morgan fingerprint density at radius 3 is 2.70 bits per heavy atom. The molecule has 0 amide bonds. The van der Waals surface area contributed by atoms with E-state index in [9.17, 15) is 24.3 Å². The highest BCUT2D eigenvalue weighted by Crippen LogP contribution is 2.33. The van der Waals surface area contributed by atoms with Crippen molar-refractivity contribution in [1.82, 2.24) is 14.6 Å². The average molecular weight is 331 g/mol. The van der Waals surface area contributed by atoms with E-state index in [0.29, 0.717) is 0 Å². The maximum atomic E-state index is 14.8. The molecule has 0 spiro atoms. The Morgan fingerprint density at radius 2 is 2.13 bits per heavy atom. The van der Waals surface area contributed by atoms with Crippen LogP contribution in [-0.2, 0) is 4.74 Å². The van der Waals surface area contributed by atoms with Crippen LogP contribution in [-0.4, -0.2) is 56.4 Å². The summed E-state index contributed by atoms with van der Waals surface area (Å²) in [4.78, 5) is 25.4. The van der Waals surface area contributed by atoms with Crippen LogP contribution < -0.4 is 11.2 Å². The first-order valence-corrected chi connectivity index (χ1v) is 7.44. The number of aromatic nitrogens is 2. The fraction of sp³-hybridized carbons (Fsp3) is 0.714. The van der Waals surface area contributed by atoms with Crippen LogP contribution in [0, 0.1) is 12.8 Å². The van der Waals surface area contributed by atoms with Crippen LogP contribution in [0.4, 0.5) is 4.39 Å². The monoisotopic (exact) mass is 331 g/mol. The fourth-order valence-corrected chi connectivity index (χ4v) is 2.71. The van der Waals surface area contributed by atoms with Gasteiger partial charge >= 0.3 is 5.69 Å². The summed E-state index contributed by atoms with van der Waals surface area (Å²) in [7, 11) is 0. The highest BCUT2D eigenvalue weighted by Gasteiger charge is 2.49. The van der Waals surface area contributed by atoms with Gasteiger partial charge in [-0.25, -0.2) is 9.18 Å². The summed E-state index contributed by atoms with van der Waals surface area (Å²) in [5.41, 5.74) is -1.13. The predicted octanol–water partition coefficient (Wildman–Crippen LogP) is -0.211. The van der Waals surface area contributed by atoms with Crippen molar-refractivity contribution in [2.24, 2.45) is 5.92 Å². The van der Waals surface area contributed by atoms with Gasteiger partial charge in [0.25, 0.3) is 5.56 Å². The molecule has 4 atom stereocenters. The molecule has 130 valence electrons. The largest absolute Gasteiger partial charge is 0.394 e. The summed E-state index contributed by atoms with van der Waals surface area (Å²) in [6.07, 6.45) is -2.86. The number of hydrogen-bond acceptors (Lipinski definition) is 6. The number of nitrogens with zero attached hydrogens (tertiary/aromatic N) is 2. The number of H-pyrrole nitrogens is 1. The van der Waals surface area contributed by atoms with Crippen molar-refractivity contribution in [3.8, 4) is 0 Å². The second kappa shape index (κ2) is 6.91. The lowest BCUT2D eigenvalue weighted by atomic mass is 10.1. The topological polar surface area (TPSA) is 108 Å². The molecule has 1 aromatic rings. The van der Waals surface area contributed by atoms with E-state index in [2.05, 4.69) is 4.98 Å². The number of alkyl halides is 1. The molecule has 0 unspecified atom stereocenters. The summed E-state index contributed by atoms with van der Waals surface area (Å²) in [6, 6.07) is -1.11. The maximum absolute atomic E-state index is 14.8.